The number of rotatable bonds is 18. The Morgan fingerprint density at radius 1 is 0.728 bits per heavy atom. The summed E-state index contributed by atoms with van der Waals surface area (Å²) in [6, 6.07) is 1.04. The number of allylic oxidation sites excluding steroid dienone is 4. The number of hydrogen-bond acceptors (Lipinski definition) is 21. The van der Waals surface area contributed by atoms with Gasteiger partial charge >= 0.3 is 30.0 Å². The third-order valence-corrected chi connectivity index (χ3v) is 20.9. The van der Waals surface area contributed by atoms with E-state index in [1.54, 1.807) is 33.1 Å². The molecule has 24 nitrogen and oxygen atoms in total. The van der Waals surface area contributed by atoms with Crippen LogP contribution in [0.4, 0.5) is 25.0 Å². The molecule has 2 aromatic heterocycles. The molecule has 8 aliphatic rings. The fourth-order valence-electron chi connectivity index (χ4n) is 15.9. The maximum Gasteiger partial charge on any atom is 0.413 e. The Morgan fingerprint density at radius 2 is 1.32 bits per heavy atom. The summed E-state index contributed by atoms with van der Waals surface area (Å²) in [6.45, 7) is 6.72. The van der Waals surface area contributed by atoms with Gasteiger partial charge in [-0.15, -0.1) is 0 Å². The van der Waals surface area contributed by atoms with Crippen LogP contribution >= 0.6 is 0 Å². The Bertz CT molecular complexity index is 3930. The molecule has 5 unspecified atom stereocenters. The van der Waals surface area contributed by atoms with Crippen molar-refractivity contribution in [2.24, 2.45) is 28.6 Å². The molecule has 9 atom stereocenters. The van der Waals surface area contributed by atoms with E-state index in [9.17, 15) is 53.4 Å². The number of fused-ring (bicyclic) bond motifs is 7. The number of piperazine rings is 2. The van der Waals surface area contributed by atoms with Gasteiger partial charge in [-0.3, -0.25) is 28.8 Å². The van der Waals surface area contributed by atoms with E-state index in [0.29, 0.717) is 57.3 Å². The Balaban J connectivity index is 0.633. The minimum atomic E-state index is -1.88. The van der Waals surface area contributed by atoms with E-state index >= 15 is 8.78 Å². The van der Waals surface area contributed by atoms with Gasteiger partial charge in [0.05, 0.1) is 55.0 Å². The number of benzene rings is 2. The van der Waals surface area contributed by atoms with Crippen LogP contribution in [0.15, 0.2) is 57.9 Å². The van der Waals surface area contributed by atoms with Crippen molar-refractivity contribution >= 4 is 74.7 Å². The van der Waals surface area contributed by atoms with Crippen molar-refractivity contribution in [3.8, 4) is 11.5 Å². The van der Waals surface area contributed by atoms with E-state index in [1.165, 1.54) is 31.5 Å². The van der Waals surface area contributed by atoms with Gasteiger partial charge in [0.25, 0.3) is 0 Å². The summed E-state index contributed by atoms with van der Waals surface area (Å²) in [4.78, 5) is 125. The summed E-state index contributed by atoms with van der Waals surface area (Å²) in [5.41, 5.74) is -4.37. The van der Waals surface area contributed by atoms with Gasteiger partial charge in [0.15, 0.2) is 35.5 Å². The van der Waals surface area contributed by atoms with Crippen LogP contribution in [0.2, 0.25) is 0 Å². The molecule has 92 heavy (non-hydrogen) atoms. The summed E-state index contributed by atoms with van der Waals surface area (Å²) < 4.78 is 73.9. The van der Waals surface area contributed by atoms with Crippen LogP contribution in [0.3, 0.4) is 0 Å². The van der Waals surface area contributed by atoms with Crippen LogP contribution in [-0.4, -0.2) is 163 Å². The van der Waals surface area contributed by atoms with E-state index in [2.05, 4.69) is 5.32 Å². The predicted molar refractivity (Wildman–Crippen MR) is 325 cm³/mol. The molecule has 2 saturated heterocycles. The SMILES string of the molecule is COc1c(N2CCN(C(=O)OCOC(=O)CCC(=O)OCC(=O)[C@@]3(O)CCC4C5CCC6=CC(=O)C=C[C@]6(C)C5[C@@H](O)C[C@@]43C)C(C)C2)c(F)cc2c(=O)c(C(=O)OCOC(=O)c3cn(C4CC4)c4c(OC)c(N5CCNCC5C)c(F)cc4c3=O)cn(C3CC3)c12. The van der Waals surface area contributed by atoms with Crippen molar-refractivity contribution in [3.63, 3.8) is 0 Å². The van der Waals surface area contributed by atoms with Crippen LogP contribution in [-0.2, 0) is 42.9 Å². The van der Waals surface area contributed by atoms with E-state index in [4.69, 9.17) is 33.2 Å². The third kappa shape index (κ3) is 11.1. The van der Waals surface area contributed by atoms with Crippen LogP contribution in [0, 0.1) is 40.2 Å². The molecule has 2 aromatic carbocycles. The number of nitrogens with one attached hydrogen (secondary N) is 1. The molecule has 492 valence electrons. The average molecular weight is 1280 g/mol. The molecule has 26 heteroatoms. The van der Waals surface area contributed by atoms with E-state index in [1.807, 2.05) is 31.7 Å². The van der Waals surface area contributed by atoms with Gasteiger partial charge in [0.2, 0.25) is 30.2 Å². The third-order valence-electron chi connectivity index (χ3n) is 20.9. The molecule has 4 heterocycles. The molecule has 7 fully saturated rings. The largest absolute Gasteiger partial charge is 0.492 e. The zero-order chi connectivity index (χ0) is 65.5. The summed E-state index contributed by atoms with van der Waals surface area (Å²) in [6.07, 6.45) is 9.91. The number of aliphatic hydroxyl groups excluding tert-OH is 1. The second-order valence-corrected chi connectivity index (χ2v) is 26.2. The van der Waals surface area contributed by atoms with Crippen molar-refractivity contribution < 1.29 is 85.7 Å². The second kappa shape index (κ2) is 24.7. The maximum atomic E-state index is 16.6. The van der Waals surface area contributed by atoms with E-state index in [-0.39, 0.29) is 113 Å². The summed E-state index contributed by atoms with van der Waals surface area (Å²) in [5.74, 6) is -6.70. The Labute approximate surface area is 527 Å². The number of nitrogens with zero attached hydrogens (tertiary/aromatic N) is 5. The van der Waals surface area contributed by atoms with Gasteiger partial charge in [0, 0.05) is 92.6 Å². The lowest BCUT2D eigenvalue weighted by Gasteiger charge is -2.59. The van der Waals surface area contributed by atoms with Crippen molar-refractivity contribution in [2.75, 3.05) is 83.5 Å². The topological polar surface area (TPSA) is 290 Å². The first kappa shape index (κ1) is 63.9. The van der Waals surface area contributed by atoms with Crippen molar-refractivity contribution in [1.82, 2.24) is 19.4 Å². The van der Waals surface area contributed by atoms with Crippen LogP contribution in [0.25, 0.3) is 21.8 Å². The number of ketones is 2. The molecule has 6 aliphatic carbocycles. The first-order valence-electron chi connectivity index (χ1n) is 31.5. The zero-order valence-electron chi connectivity index (χ0n) is 52.2. The summed E-state index contributed by atoms with van der Waals surface area (Å²) >= 11 is 0. The van der Waals surface area contributed by atoms with E-state index in [0.717, 1.165) is 30.5 Å². The fraction of sp³-hybridized carbons (Fsp3) is 0.561. The number of carbonyl (C=O) groups is 7. The molecule has 1 amide bonds. The first-order chi connectivity index (χ1) is 43.9. The minimum Gasteiger partial charge on any atom is -0.492 e. The van der Waals surface area contributed by atoms with Crippen molar-refractivity contribution in [2.45, 2.75) is 134 Å². The number of aromatic nitrogens is 2. The molecule has 4 aromatic rings. The lowest BCUT2D eigenvalue weighted by atomic mass is 9.46. The van der Waals surface area contributed by atoms with E-state index < -0.39 is 131 Å². The summed E-state index contributed by atoms with van der Waals surface area (Å²) in [5, 5.41) is 26.7. The van der Waals surface area contributed by atoms with Crippen LogP contribution in [0.1, 0.15) is 131 Å². The Kier molecular flexibility index (Phi) is 17.1. The van der Waals surface area contributed by atoms with Crippen LogP contribution < -0.4 is 35.4 Å². The number of hydrogen-bond donors (Lipinski definition) is 3. The highest BCUT2D eigenvalue weighted by atomic mass is 19.1. The number of ether oxygens (including phenoxy) is 7. The number of Topliss-reactive ketones (excluding diaryl/α,β-unsaturated/α-hetero) is 1. The molecule has 3 N–H and O–H groups in total. The number of halogens is 2. The Morgan fingerprint density at radius 3 is 1.90 bits per heavy atom. The number of anilines is 2. The smallest absolute Gasteiger partial charge is 0.413 e. The average Bonchev–Trinajstić information content (AvgIpc) is 1.30. The quantitative estimate of drug-likeness (QED) is 0.0576. The van der Waals surface area contributed by atoms with Gasteiger partial charge < -0.3 is 72.5 Å². The number of methoxy groups -OCH3 is 2. The number of aliphatic hydroxyl groups is 2. The maximum absolute atomic E-state index is 16.6. The molecule has 2 aliphatic heterocycles. The molecule has 0 radical (unpaired) electrons. The van der Waals surface area contributed by atoms with Crippen molar-refractivity contribution in [3.05, 3.63) is 91.5 Å². The fourth-order valence-corrected chi connectivity index (χ4v) is 15.9. The molecule has 12 rings (SSSR count). The molecule has 5 saturated carbocycles. The normalized spacial score (nSPS) is 27.6. The van der Waals surface area contributed by atoms with Gasteiger partial charge in [0.1, 0.15) is 28.1 Å². The van der Waals surface area contributed by atoms with Gasteiger partial charge in [-0.2, -0.15) is 0 Å². The summed E-state index contributed by atoms with van der Waals surface area (Å²) in [7, 11) is 2.71. The van der Waals surface area contributed by atoms with Gasteiger partial charge in [-0.25, -0.2) is 23.2 Å². The molecular weight excluding hydrogens is 1200 g/mol. The zero-order valence-corrected chi connectivity index (χ0v) is 52.2. The van der Waals surface area contributed by atoms with Gasteiger partial charge in [-0.05, 0) is 108 Å². The standard InChI is InChI=1S/C66H76F2N6O18/c1-34-27-69-19-20-71(34)56-47(68)25-42-54(60(56)87-6)74(38-10-11-38)30-44(58(42)81)62(83)91-33-90-61(82)43-29-73(37-8-9-37)53-41(57(43)80)24-46(67)55(59(53)86-5)70-21-22-72(35(2)28-70)63(84)92-32-89-51(79)14-13-50(78)88-31-49(77)66(85)18-16-45-40-12-7-36-23-39(75)15-17-64(36,3)52(40)48(76)26-65(45,66)4/h15,17,23-25,29-30,34-35,37-38,40,45,48,52,69,76,85H,7-14,16,18-22,26-28,31-33H2,1-6H3/t34?,35?,40?,45?,48-,52?,64-,65-,66-/m0/s1. The number of carbonyl (C=O) groups excluding carboxylic acids is 7. The Hall–Kier alpha value is -8.23. The number of pyridine rings is 2. The number of esters is 4. The molecule has 0 spiro atoms. The number of amides is 1. The lowest BCUT2D eigenvalue weighted by Crippen LogP contribution is -2.61. The highest BCUT2D eigenvalue weighted by Gasteiger charge is 2.68. The van der Waals surface area contributed by atoms with Gasteiger partial charge in [-0.1, -0.05) is 25.5 Å². The lowest BCUT2D eigenvalue weighted by molar-refractivity contribution is -0.181. The first-order valence-corrected chi connectivity index (χ1v) is 31.5. The van der Waals surface area contributed by atoms with Crippen molar-refractivity contribution in [1.29, 1.82) is 0 Å². The van der Waals surface area contributed by atoms with Crippen LogP contribution in [0.5, 0.6) is 11.5 Å². The highest BCUT2D eigenvalue weighted by molar-refractivity contribution is 6.02. The highest BCUT2D eigenvalue weighted by Crippen LogP contribution is 2.67. The molecule has 0 bridgehead atoms. The monoisotopic (exact) mass is 1280 g/mol. The molecular formula is C66H76F2N6O18. The minimum absolute atomic E-state index is 0.00132. The second-order valence-electron chi connectivity index (χ2n) is 26.2. The predicted octanol–water partition coefficient (Wildman–Crippen LogP) is 6.10.